The maximum Gasteiger partial charge on any atom is 0.271 e. The largest absolute Gasteiger partial charge is 0.470 e. The zero-order valence-electron chi connectivity index (χ0n) is 14.9. The summed E-state index contributed by atoms with van der Waals surface area (Å²) in [6, 6.07) is 18.3. The summed E-state index contributed by atoms with van der Waals surface area (Å²) < 4.78 is 14.7. The fourth-order valence-corrected chi connectivity index (χ4v) is 3.80. The molecule has 0 aliphatic carbocycles. The van der Waals surface area contributed by atoms with Gasteiger partial charge >= 0.3 is 0 Å². The SMILES string of the molecule is Clc1ccc(COc2nsnc2N2CCN(Cc3ccccc3)CC2)cc1. The van der Waals surface area contributed by atoms with Crippen LogP contribution in [0.3, 0.4) is 0 Å². The number of piperazine rings is 1. The fraction of sp³-hybridized carbons (Fsp3) is 0.300. The molecule has 1 aliphatic rings. The van der Waals surface area contributed by atoms with E-state index in [0.29, 0.717) is 12.5 Å². The minimum Gasteiger partial charge on any atom is -0.470 e. The molecule has 0 bridgehead atoms. The van der Waals surface area contributed by atoms with Crippen LogP contribution in [0.1, 0.15) is 11.1 Å². The molecule has 2 heterocycles. The molecule has 0 amide bonds. The Kier molecular flexibility index (Phi) is 5.87. The predicted molar refractivity (Wildman–Crippen MR) is 110 cm³/mol. The second-order valence-electron chi connectivity index (χ2n) is 6.56. The summed E-state index contributed by atoms with van der Waals surface area (Å²) in [7, 11) is 0. The van der Waals surface area contributed by atoms with Crippen molar-refractivity contribution < 1.29 is 4.74 Å². The average molecular weight is 401 g/mol. The molecule has 1 saturated heterocycles. The number of aromatic nitrogens is 2. The summed E-state index contributed by atoms with van der Waals surface area (Å²) in [4.78, 5) is 4.74. The van der Waals surface area contributed by atoms with Crippen LogP contribution >= 0.6 is 23.3 Å². The lowest BCUT2D eigenvalue weighted by atomic mass is 10.2. The van der Waals surface area contributed by atoms with Crippen molar-refractivity contribution >= 4 is 29.1 Å². The minimum absolute atomic E-state index is 0.462. The molecule has 0 unspecified atom stereocenters. The van der Waals surface area contributed by atoms with E-state index >= 15 is 0 Å². The van der Waals surface area contributed by atoms with E-state index in [2.05, 4.69) is 48.9 Å². The number of rotatable bonds is 6. The molecular weight excluding hydrogens is 380 g/mol. The molecule has 3 aromatic rings. The van der Waals surface area contributed by atoms with Gasteiger partial charge in [0.15, 0.2) is 0 Å². The number of halogens is 1. The highest BCUT2D eigenvalue weighted by atomic mass is 35.5. The Balaban J connectivity index is 1.32. The summed E-state index contributed by atoms with van der Waals surface area (Å²) >= 11 is 7.13. The molecule has 1 aromatic heterocycles. The molecule has 0 N–H and O–H groups in total. The number of nitrogens with zero attached hydrogens (tertiary/aromatic N) is 4. The lowest BCUT2D eigenvalue weighted by Crippen LogP contribution is -2.46. The maximum absolute atomic E-state index is 5.93. The molecule has 1 fully saturated rings. The van der Waals surface area contributed by atoms with Gasteiger partial charge in [0.1, 0.15) is 6.61 Å². The second-order valence-corrected chi connectivity index (χ2v) is 7.52. The van der Waals surface area contributed by atoms with Crippen LogP contribution in [0.15, 0.2) is 54.6 Å². The Morgan fingerprint density at radius 2 is 1.63 bits per heavy atom. The summed E-state index contributed by atoms with van der Waals surface area (Å²) in [5.74, 6) is 1.47. The van der Waals surface area contributed by atoms with Gasteiger partial charge in [0, 0.05) is 37.7 Å². The van der Waals surface area contributed by atoms with Crippen molar-refractivity contribution in [3.63, 3.8) is 0 Å². The standard InChI is InChI=1S/C20H21ClN4OS/c21-18-8-6-17(7-9-18)15-26-20-19(22-27-23-20)25-12-10-24(11-13-25)14-16-4-2-1-3-5-16/h1-9H,10-15H2. The Labute approximate surface area is 168 Å². The molecule has 4 rings (SSSR count). The molecule has 5 nitrogen and oxygen atoms in total. The van der Waals surface area contributed by atoms with Gasteiger partial charge in [-0.05, 0) is 23.3 Å². The Morgan fingerprint density at radius 1 is 0.889 bits per heavy atom. The molecule has 2 aromatic carbocycles. The van der Waals surface area contributed by atoms with Crippen molar-refractivity contribution in [2.24, 2.45) is 0 Å². The number of benzene rings is 2. The van der Waals surface area contributed by atoms with Crippen LogP contribution in [0.4, 0.5) is 5.82 Å². The fourth-order valence-electron chi connectivity index (χ4n) is 3.15. The molecular formula is C20H21ClN4OS. The van der Waals surface area contributed by atoms with Gasteiger partial charge in [0.05, 0.1) is 11.7 Å². The summed E-state index contributed by atoms with van der Waals surface area (Å²) in [6.45, 7) is 5.31. The molecule has 0 saturated carbocycles. The maximum atomic E-state index is 5.93. The van der Waals surface area contributed by atoms with Crippen LogP contribution in [0.5, 0.6) is 5.88 Å². The first kappa shape index (κ1) is 18.2. The third-order valence-corrected chi connectivity index (χ3v) is 5.41. The van der Waals surface area contributed by atoms with Gasteiger partial charge in [-0.2, -0.15) is 4.37 Å². The van der Waals surface area contributed by atoms with Gasteiger partial charge in [0.25, 0.3) is 5.88 Å². The third-order valence-electron chi connectivity index (χ3n) is 4.65. The Bertz CT molecular complexity index is 848. The van der Waals surface area contributed by atoms with Gasteiger partial charge < -0.3 is 9.64 Å². The van der Waals surface area contributed by atoms with E-state index in [0.717, 1.165) is 49.1 Å². The lowest BCUT2D eigenvalue weighted by Gasteiger charge is -2.34. The first-order chi connectivity index (χ1) is 13.3. The van der Waals surface area contributed by atoms with Crippen molar-refractivity contribution in [1.82, 2.24) is 13.6 Å². The van der Waals surface area contributed by atoms with Crippen molar-refractivity contribution in [2.45, 2.75) is 13.2 Å². The van der Waals surface area contributed by atoms with Gasteiger partial charge in [-0.15, -0.1) is 4.37 Å². The van der Waals surface area contributed by atoms with Crippen LogP contribution < -0.4 is 9.64 Å². The first-order valence-electron chi connectivity index (χ1n) is 8.99. The van der Waals surface area contributed by atoms with Gasteiger partial charge in [-0.3, -0.25) is 4.90 Å². The van der Waals surface area contributed by atoms with E-state index < -0.39 is 0 Å². The molecule has 0 radical (unpaired) electrons. The predicted octanol–water partition coefficient (Wildman–Crippen LogP) is 4.09. The molecule has 140 valence electrons. The molecule has 1 aliphatic heterocycles. The summed E-state index contributed by atoms with van der Waals surface area (Å²) in [5, 5.41) is 0.725. The lowest BCUT2D eigenvalue weighted by molar-refractivity contribution is 0.247. The molecule has 0 spiro atoms. The average Bonchev–Trinajstić information content (AvgIpc) is 3.18. The normalized spacial score (nSPS) is 15.1. The van der Waals surface area contributed by atoms with Gasteiger partial charge in [0.2, 0.25) is 5.82 Å². The summed E-state index contributed by atoms with van der Waals surface area (Å²) in [5.41, 5.74) is 2.42. The quantitative estimate of drug-likeness (QED) is 0.623. The van der Waals surface area contributed by atoms with E-state index in [1.165, 1.54) is 17.3 Å². The smallest absolute Gasteiger partial charge is 0.271 e. The highest BCUT2D eigenvalue weighted by molar-refractivity contribution is 6.99. The minimum atomic E-state index is 0.462. The van der Waals surface area contributed by atoms with Gasteiger partial charge in [-0.1, -0.05) is 54.1 Å². The summed E-state index contributed by atoms with van der Waals surface area (Å²) in [6.07, 6.45) is 0. The number of hydrogen-bond donors (Lipinski definition) is 0. The van der Waals surface area contributed by atoms with E-state index in [-0.39, 0.29) is 0 Å². The molecule has 27 heavy (non-hydrogen) atoms. The van der Waals surface area contributed by atoms with Crippen molar-refractivity contribution in [2.75, 3.05) is 31.1 Å². The highest BCUT2D eigenvalue weighted by Gasteiger charge is 2.23. The monoisotopic (exact) mass is 400 g/mol. The van der Waals surface area contributed by atoms with Crippen LogP contribution in [-0.2, 0) is 13.2 Å². The zero-order valence-corrected chi connectivity index (χ0v) is 16.5. The number of ether oxygens (including phenoxy) is 1. The van der Waals surface area contributed by atoms with E-state index in [1.807, 2.05) is 24.3 Å². The first-order valence-corrected chi connectivity index (χ1v) is 10.1. The number of hydrogen-bond acceptors (Lipinski definition) is 6. The molecule has 7 heteroatoms. The Morgan fingerprint density at radius 3 is 2.37 bits per heavy atom. The van der Waals surface area contributed by atoms with Crippen molar-refractivity contribution in [3.05, 3.63) is 70.7 Å². The van der Waals surface area contributed by atoms with Crippen LogP contribution in [0, 0.1) is 0 Å². The topological polar surface area (TPSA) is 41.5 Å². The Hall–Kier alpha value is -2.15. The van der Waals surface area contributed by atoms with Crippen LogP contribution in [0.25, 0.3) is 0 Å². The van der Waals surface area contributed by atoms with Crippen molar-refractivity contribution in [3.8, 4) is 5.88 Å². The van der Waals surface area contributed by atoms with E-state index in [4.69, 9.17) is 16.3 Å². The molecule has 0 atom stereocenters. The highest BCUT2D eigenvalue weighted by Crippen LogP contribution is 2.27. The zero-order chi connectivity index (χ0) is 18.5. The van der Waals surface area contributed by atoms with Gasteiger partial charge in [-0.25, -0.2) is 0 Å². The third kappa shape index (κ3) is 4.77. The van der Waals surface area contributed by atoms with Crippen LogP contribution in [-0.4, -0.2) is 39.8 Å². The van der Waals surface area contributed by atoms with Crippen LogP contribution in [0.2, 0.25) is 5.02 Å². The van der Waals surface area contributed by atoms with Crippen molar-refractivity contribution in [1.29, 1.82) is 0 Å². The number of anilines is 1. The van der Waals surface area contributed by atoms with E-state index in [1.54, 1.807) is 0 Å². The van der Waals surface area contributed by atoms with E-state index in [9.17, 15) is 0 Å². The second kappa shape index (κ2) is 8.69.